The Morgan fingerprint density at radius 3 is 2.47 bits per heavy atom. The largest absolute Gasteiger partial charge is 0.465 e. The summed E-state index contributed by atoms with van der Waals surface area (Å²) >= 11 is 0. The van der Waals surface area contributed by atoms with Crippen LogP contribution in [0, 0.1) is 17.3 Å². The summed E-state index contributed by atoms with van der Waals surface area (Å²) in [6, 6.07) is 0. The normalized spacial score (nSPS) is 36.6. The summed E-state index contributed by atoms with van der Waals surface area (Å²) < 4.78 is 5.15. The molecule has 0 aromatic heterocycles. The van der Waals surface area contributed by atoms with E-state index in [9.17, 15) is 9.90 Å². The van der Waals surface area contributed by atoms with Crippen LogP contribution in [0.15, 0.2) is 0 Å². The molecule has 3 atom stereocenters. The number of hydrogen-bond acceptors (Lipinski definition) is 3. The molecule has 0 heterocycles. The van der Waals surface area contributed by atoms with Crippen molar-refractivity contribution in [2.24, 2.45) is 17.3 Å². The van der Waals surface area contributed by atoms with Gasteiger partial charge in [-0.2, -0.15) is 0 Å². The van der Waals surface area contributed by atoms with Gasteiger partial charge in [0.05, 0.1) is 12.2 Å². The minimum absolute atomic E-state index is 0.00590. The van der Waals surface area contributed by atoms with Crippen LogP contribution in [-0.4, -0.2) is 23.3 Å². The van der Waals surface area contributed by atoms with E-state index in [4.69, 9.17) is 4.74 Å². The summed E-state index contributed by atoms with van der Waals surface area (Å²) in [6.45, 7) is 10.2. The SMILES string of the molecule is CCC1CCC(C)(O)C(COC(C)=O)C1(C)C. The fourth-order valence-electron chi connectivity index (χ4n) is 3.42. The molecule has 17 heavy (non-hydrogen) atoms. The first kappa shape index (κ1) is 14.5. The van der Waals surface area contributed by atoms with E-state index in [1.807, 2.05) is 6.92 Å². The molecule has 0 radical (unpaired) electrons. The highest BCUT2D eigenvalue weighted by atomic mass is 16.5. The molecule has 0 spiro atoms. The number of ether oxygens (including phenoxy) is 1. The predicted octanol–water partition coefficient (Wildman–Crippen LogP) is 2.76. The third-order valence-corrected chi connectivity index (χ3v) is 4.65. The fraction of sp³-hybridized carbons (Fsp3) is 0.929. The summed E-state index contributed by atoms with van der Waals surface area (Å²) in [5, 5.41) is 10.5. The van der Waals surface area contributed by atoms with Gasteiger partial charge in [-0.05, 0) is 31.1 Å². The van der Waals surface area contributed by atoms with Gasteiger partial charge >= 0.3 is 5.97 Å². The van der Waals surface area contributed by atoms with Crippen molar-refractivity contribution in [2.45, 2.75) is 59.5 Å². The highest BCUT2D eigenvalue weighted by Crippen LogP contribution is 2.50. The summed E-state index contributed by atoms with van der Waals surface area (Å²) in [5.41, 5.74) is -0.726. The molecule has 0 aromatic carbocycles. The van der Waals surface area contributed by atoms with Gasteiger partial charge in [0.2, 0.25) is 0 Å². The molecule has 3 heteroatoms. The van der Waals surface area contributed by atoms with Gasteiger partial charge in [-0.25, -0.2) is 0 Å². The van der Waals surface area contributed by atoms with Crippen LogP contribution < -0.4 is 0 Å². The second-order valence-electron chi connectivity index (χ2n) is 6.18. The quantitative estimate of drug-likeness (QED) is 0.774. The molecule has 0 aromatic rings. The smallest absolute Gasteiger partial charge is 0.302 e. The van der Waals surface area contributed by atoms with E-state index >= 15 is 0 Å². The van der Waals surface area contributed by atoms with Crippen molar-refractivity contribution in [3.63, 3.8) is 0 Å². The van der Waals surface area contributed by atoms with E-state index in [1.54, 1.807) is 0 Å². The lowest BCUT2D eigenvalue weighted by molar-refractivity contribution is -0.162. The number of carbonyl (C=O) groups excluding carboxylic acids is 1. The van der Waals surface area contributed by atoms with E-state index in [-0.39, 0.29) is 17.3 Å². The maximum Gasteiger partial charge on any atom is 0.302 e. The van der Waals surface area contributed by atoms with Gasteiger partial charge < -0.3 is 9.84 Å². The molecule has 0 amide bonds. The Morgan fingerprint density at radius 2 is 2.00 bits per heavy atom. The number of aliphatic hydroxyl groups is 1. The molecule has 3 unspecified atom stereocenters. The summed E-state index contributed by atoms with van der Waals surface area (Å²) in [6.07, 6.45) is 2.95. The Bertz CT molecular complexity index is 281. The highest BCUT2D eigenvalue weighted by molar-refractivity contribution is 5.65. The average molecular weight is 242 g/mol. The molecule has 0 bridgehead atoms. The zero-order valence-electron chi connectivity index (χ0n) is 11.7. The third kappa shape index (κ3) is 3.01. The lowest BCUT2D eigenvalue weighted by Crippen LogP contribution is -2.53. The van der Waals surface area contributed by atoms with E-state index in [1.165, 1.54) is 6.92 Å². The van der Waals surface area contributed by atoms with Crippen LogP contribution in [-0.2, 0) is 9.53 Å². The zero-order chi connectivity index (χ0) is 13.3. The molecule has 0 saturated heterocycles. The molecule has 100 valence electrons. The van der Waals surface area contributed by atoms with Crippen LogP contribution in [0.2, 0.25) is 0 Å². The van der Waals surface area contributed by atoms with Crippen molar-refractivity contribution in [1.82, 2.24) is 0 Å². The minimum atomic E-state index is -0.732. The van der Waals surface area contributed by atoms with Crippen LogP contribution in [0.25, 0.3) is 0 Å². The Hall–Kier alpha value is -0.570. The number of carbonyl (C=O) groups is 1. The van der Waals surface area contributed by atoms with Crippen molar-refractivity contribution < 1.29 is 14.6 Å². The molecular weight excluding hydrogens is 216 g/mol. The fourth-order valence-corrected chi connectivity index (χ4v) is 3.42. The highest BCUT2D eigenvalue weighted by Gasteiger charge is 2.50. The standard InChI is InChI=1S/C14H26O3/c1-6-11-7-8-14(5,16)12(13(11,3)4)9-17-10(2)15/h11-12,16H,6-9H2,1-5H3. The van der Waals surface area contributed by atoms with Crippen molar-refractivity contribution in [3.05, 3.63) is 0 Å². The molecule has 3 nitrogen and oxygen atoms in total. The first-order valence-corrected chi connectivity index (χ1v) is 6.57. The third-order valence-electron chi connectivity index (χ3n) is 4.65. The molecule has 1 rings (SSSR count). The van der Waals surface area contributed by atoms with E-state index in [0.29, 0.717) is 12.5 Å². The van der Waals surface area contributed by atoms with Crippen LogP contribution >= 0.6 is 0 Å². The first-order chi connectivity index (χ1) is 7.71. The number of rotatable bonds is 3. The second-order valence-corrected chi connectivity index (χ2v) is 6.18. The number of esters is 1. The van der Waals surface area contributed by atoms with Crippen LogP contribution in [0.5, 0.6) is 0 Å². The lowest BCUT2D eigenvalue weighted by atomic mass is 9.56. The second kappa shape index (κ2) is 4.97. The molecule has 1 saturated carbocycles. The van der Waals surface area contributed by atoms with Gasteiger partial charge in [-0.3, -0.25) is 4.79 Å². The molecule has 1 aliphatic carbocycles. The minimum Gasteiger partial charge on any atom is -0.465 e. The van der Waals surface area contributed by atoms with E-state index < -0.39 is 5.60 Å². The van der Waals surface area contributed by atoms with Gasteiger partial charge in [0.25, 0.3) is 0 Å². The first-order valence-electron chi connectivity index (χ1n) is 6.57. The van der Waals surface area contributed by atoms with Crippen LogP contribution in [0.4, 0.5) is 0 Å². The van der Waals surface area contributed by atoms with Crippen LogP contribution in [0.3, 0.4) is 0 Å². The van der Waals surface area contributed by atoms with Gasteiger partial charge in [0.1, 0.15) is 0 Å². The maximum absolute atomic E-state index is 11.0. The zero-order valence-corrected chi connectivity index (χ0v) is 11.7. The van der Waals surface area contributed by atoms with E-state index in [0.717, 1.165) is 19.3 Å². The van der Waals surface area contributed by atoms with Gasteiger partial charge in [-0.1, -0.05) is 27.2 Å². The lowest BCUT2D eigenvalue weighted by Gasteiger charge is -2.52. The molecule has 1 fully saturated rings. The topological polar surface area (TPSA) is 46.5 Å². The van der Waals surface area contributed by atoms with Crippen molar-refractivity contribution in [3.8, 4) is 0 Å². The monoisotopic (exact) mass is 242 g/mol. The van der Waals surface area contributed by atoms with Gasteiger partial charge in [-0.15, -0.1) is 0 Å². The summed E-state index contributed by atoms with van der Waals surface area (Å²) in [4.78, 5) is 11.0. The van der Waals surface area contributed by atoms with E-state index in [2.05, 4.69) is 20.8 Å². The summed E-state index contributed by atoms with van der Waals surface area (Å²) in [7, 11) is 0. The van der Waals surface area contributed by atoms with Crippen molar-refractivity contribution in [1.29, 1.82) is 0 Å². The molecule has 1 N–H and O–H groups in total. The Labute approximate surface area is 105 Å². The molecule has 1 aliphatic rings. The average Bonchev–Trinajstić information content (AvgIpc) is 2.15. The maximum atomic E-state index is 11.0. The Morgan fingerprint density at radius 1 is 1.41 bits per heavy atom. The summed E-state index contributed by atoms with van der Waals surface area (Å²) in [5.74, 6) is 0.330. The van der Waals surface area contributed by atoms with Crippen molar-refractivity contribution >= 4 is 5.97 Å². The predicted molar refractivity (Wildman–Crippen MR) is 67.5 cm³/mol. The Kier molecular flexibility index (Phi) is 4.23. The van der Waals surface area contributed by atoms with Gasteiger partial charge in [0.15, 0.2) is 0 Å². The Balaban J connectivity index is 2.87. The number of hydrogen-bond donors (Lipinski definition) is 1. The van der Waals surface area contributed by atoms with Gasteiger partial charge in [0, 0.05) is 12.8 Å². The molecule has 0 aliphatic heterocycles. The molecular formula is C14H26O3. The van der Waals surface area contributed by atoms with Crippen molar-refractivity contribution in [2.75, 3.05) is 6.61 Å². The van der Waals surface area contributed by atoms with Crippen LogP contribution in [0.1, 0.15) is 53.9 Å².